The van der Waals surface area contributed by atoms with Crippen molar-refractivity contribution in [1.82, 2.24) is 5.32 Å². The van der Waals surface area contributed by atoms with Crippen LogP contribution in [0.4, 0.5) is 11.4 Å². The van der Waals surface area contributed by atoms with Crippen LogP contribution in [0, 0.1) is 11.3 Å². The number of anilines is 2. The fourth-order valence-electron chi connectivity index (χ4n) is 3.67. The summed E-state index contributed by atoms with van der Waals surface area (Å²) in [4.78, 5) is 25.9. The van der Waals surface area contributed by atoms with Crippen molar-refractivity contribution >= 4 is 62.5 Å². The number of rotatable bonds is 7. The summed E-state index contributed by atoms with van der Waals surface area (Å²) in [7, 11) is 0. The highest BCUT2D eigenvalue weighted by Gasteiger charge is 2.36. The topological polar surface area (TPSA) is 107 Å². The van der Waals surface area contributed by atoms with Gasteiger partial charge in [0.05, 0.1) is 40.2 Å². The maximum Gasteiger partial charge on any atom is 0.254 e. The van der Waals surface area contributed by atoms with Crippen LogP contribution in [0.3, 0.4) is 0 Å². The monoisotopic (exact) mass is 582 g/mol. The van der Waals surface area contributed by atoms with Gasteiger partial charge in [-0.1, -0.05) is 39.3 Å². The lowest BCUT2D eigenvalue weighted by molar-refractivity contribution is -0.114. The molecule has 2 aromatic carbocycles. The molecule has 10 heteroatoms. The van der Waals surface area contributed by atoms with E-state index in [-0.39, 0.29) is 17.6 Å². The fourth-order valence-corrected chi connectivity index (χ4v) is 4.95. The molecule has 0 radical (unpaired) electrons. The molecule has 1 aliphatic rings. The van der Waals surface area contributed by atoms with E-state index in [0.717, 1.165) is 4.47 Å². The smallest absolute Gasteiger partial charge is 0.254 e. The van der Waals surface area contributed by atoms with Crippen molar-refractivity contribution in [3.63, 3.8) is 0 Å². The molecule has 3 aromatic rings. The van der Waals surface area contributed by atoms with E-state index in [0.29, 0.717) is 44.0 Å². The Balaban J connectivity index is 1.57. The summed E-state index contributed by atoms with van der Waals surface area (Å²) in [6, 6.07) is 19.6. The zero-order valence-electron chi connectivity index (χ0n) is 19.0. The van der Waals surface area contributed by atoms with Gasteiger partial charge in [-0.2, -0.15) is 5.26 Å². The molecule has 3 N–H and O–H groups in total. The van der Waals surface area contributed by atoms with Gasteiger partial charge in [0.1, 0.15) is 5.76 Å². The van der Waals surface area contributed by atoms with E-state index < -0.39 is 5.92 Å². The number of amides is 2. The summed E-state index contributed by atoms with van der Waals surface area (Å²) >= 11 is 10.5. The zero-order valence-corrected chi connectivity index (χ0v) is 22.1. The Labute approximate surface area is 225 Å². The Morgan fingerprint density at radius 2 is 1.78 bits per heavy atom. The van der Waals surface area contributed by atoms with Crippen LogP contribution in [-0.4, -0.2) is 17.6 Å². The zero-order chi connectivity index (χ0) is 25.7. The molecule has 7 nitrogen and oxygen atoms in total. The van der Waals surface area contributed by atoms with Crippen LogP contribution < -0.4 is 16.0 Å². The first kappa shape index (κ1) is 25.6. The van der Waals surface area contributed by atoms with Crippen LogP contribution in [-0.2, 0) is 9.59 Å². The molecular formula is C26H20BrClN4O3S. The maximum absolute atomic E-state index is 13.3. The van der Waals surface area contributed by atoms with Crippen molar-refractivity contribution in [2.45, 2.75) is 12.8 Å². The van der Waals surface area contributed by atoms with Crippen molar-refractivity contribution in [2.75, 3.05) is 16.4 Å². The van der Waals surface area contributed by atoms with Gasteiger partial charge in [-0.25, -0.2) is 0 Å². The van der Waals surface area contributed by atoms with E-state index in [9.17, 15) is 14.9 Å². The molecule has 1 atom stereocenters. The van der Waals surface area contributed by atoms with Gasteiger partial charge in [0, 0.05) is 26.6 Å². The minimum absolute atomic E-state index is 0.0635. The minimum atomic E-state index is -0.740. The van der Waals surface area contributed by atoms with Crippen molar-refractivity contribution in [1.29, 1.82) is 5.26 Å². The van der Waals surface area contributed by atoms with Gasteiger partial charge in [-0.3, -0.25) is 9.59 Å². The molecule has 2 amide bonds. The highest BCUT2D eigenvalue weighted by atomic mass is 79.9. The summed E-state index contributed by atoms with van der Waals surface area (Å²) in [5.74, 6) is -0.833. The standard InChI is InChI=1S/C26H20BrClN4O3S/c1-15-23(25(34)32-19-10-6-17(28)7-11-19)24(21-3-2-12-35-21)20(13-29)26(30-15)36-14-22(33)31-18-8-4-16(27)5-9-18/h2-12,24,30H,14H2,1H3,(H,31,33)(H,32,34)/t24-/m0/s1. The molecule has 36 heavy (non-hydrogen) atoms. The summed E-state index contributed by atoms with van der Waals surface area (Å²) in [6.45, 7) is 1.75. The molecule has 2 heterocycles. The van der Waals surface area contributed by atoms with E-state index in [4.69, 9.17) is 16.0 Å². The number of halogens is 2. The van der Waals surface area contributed by atoms with Gasteiger partial charge in [-0.15, -0.1) is 0 Å². The Hall–Kier alpha value is -3.45. The normalized spacial score (nSPS) is 15.2. The predicted molar refractivity (Wildman–Crippen MR) is 145 cm³/mol. The third kappa shape index (κ3) is 6.02. The molecule has 0 unspecified atom stereocenters. The molecule has 1 aliphatic heterocycles. The molecule has 0 spiro atoms. The highest BCUT2D eigenvalue weighted by molar-refractivity contribution is 9.10. The van der Waals surface area contributed by atoms with Crippen LogP contribution in [0.1, 0.15) is 18.6 Å². The SMILES string of the molecule is CC1=C(C(=O)Nc2ccc(Cl)cc2)[C@H](c2ccco2)C(C#N)=C(SCC(=O)Nc2ccc(Br)cc2)N1. The molecule has 0 saturated carbocycles. The molecule has 0 saturated heterocycles. The minimum Gasteiger partial charge on any atom is -0.468 e. The first-order valence-electron chi connectivity index (χ1n) is 10.8. The second-order valence-corrected chi connectivity index (χ2v) is 10.1. The fraction of sp³-hybridized carbons (Fsp3) is 0.115. The third-order valence-corrected chi connectivity index (χ3v) is 7.10. The van der Waals surface area contributed by atoms with Gasteiger partial charge in [0.25, 0.3) is 5.91 Å². The summed E-state index contributed by atoms with van der Waals surface area (Å²) in [5, 5.41) is 20.0. The Morgan fingerprint density at radius 3 is 2.42 bits per heavy atom. The van der Waals surface area contributed by atoms with E-state index >= 15 is 0 Å². The van der Waals surface area contributed by atoms with Crippen molar-refractivity contribution in [3.8, 4) is 6.07 Å². The number of nitrogens with zero attached hydrogens (tertiary/aromatic N) is 1. The summed E-state index contributed by atoms with van der Waals surface area (Å²) in [5.41, 5.74) is 2.42. The van der Waals surface area contributed by atoms with Crippen LogP contribution >= 0.6 is 39.3 Å². The van der Waals surface area contributed by atoms with Gasteiger partial charge < -0.3 is 20.4 Å². The Bertz CT molecular complexity index is 1380. The highest BCUT2D eigenvalue weighted by Crippen LogP contribution is 2.41. The van der Waals surface area contributed by atoms with E-state index in [2.05, 4.69) is 37.9 Å². The van der Waals surface area contributed by atoms with Crippen molar-refractivity contribution in [3.05, 3.63) is 104 Å². The number of furan rings is 1. The Morgan fingerprint density at radius 1 is 1.11 bits per heavy atom. The third-order valence-electron chi connectivity index (χ3n) is 5.30. The second-order valence-electron chi connectivity index (χ2n) is 7.77. The lowest BCUT2D eigenvalue weighted by Gasteiger charge is -2.28. The number of hydrogen-bond donors (Lipinski definition) is 3. The average Bonchev–Trinajstić information content (AvgIpc) is 3.39. The molecule has 0 fully saturated rings. The molecule has 0 bridgehead atoms. The second kappa shape index (κ2) is 11.5. The van der Waals surface area contributed by atoms with Crippen LogP contribution in [0.15, 0.2) is 97.7 Å². The van der Waals surface area contributed by atoms with E-state index in [1.54, 1.807) is 55.5 Å². The molecule has 182 valence electrons. The molecule has 0 aliphatic carbocycles. The van der Waals surface area contributed by atoms with E-state index in [1.807, 2.05) is 12.1 Å². The number of thioether (sulfide) groups is 1. The lowest BCUT2D eigenvalue weighted by atomic mass is 9.85. The largest absolute Gasteiger partial charge is 0.468 e. The quantitative estimate of drug-likeness (QED) is 0.297. The Kier molecular flexibility index (Phi) is 8.21. The number of hydrogen-bond acceptors (Lipinski definition) is 6. The predicted octanol–water partition coefficient (Wildman–Crippen LogP) is 6.40. The van der Waals surface area contributed by atoms with Gasteiger partial charge >= 0.3 is 0 Å². The van der Waals surface area contributed by atoms with E-state index in [1.165, 1.54) is 18.0 Å². The number of nitriles is 1. The van der Waals surface area contributed by atoms with Crippen molar-refractivity contribution in [2.24, 2.45) is 0 Å². The van der Waals surface area contributed by atoms with Gasteiger partial charge in [0.15, 0.2) is 0 Å². The number of benzene rings is 2. The number of dihydropyridines is 1. The number of carbonyl (C=O) groups is 2. The van der Waals surface area contributed by atoms with Crippen LogP contribution in [0.2, 0.25) is 5.02 Å². The van der Waals surface area contributed by atoms with Gasteiger partial charge in [-0.05, 0) is 67.6 Å². The summed E-state index contributed by atoms with van der Waals surface area (Å²) < 4.78 is 6.53. The first-order chi connectivity index (χ1) is 17.4. The number of nitrogens with one attached hydrogen (secondary N) is 3. The van der Waals surface area contributed by atoms with Crippen LogP contribution in [0.25, 0.3) is 0 Å². The number of allylic oxidation sites excluding steroid dienone is 2. The molecule has 4 rings (SSSR count). The molecular weight excluding hydrogens is 564 g/mol. The maximum atomic E-state index is 13.3. The first-order valence-corrected chi connectivity index (χ1v) is 12.9. The van der Waals surface area contributed by atoms with Gasteiger partial charge in [0.2, 0.25) is 5.91 Å². The van der Waals surface area contributed by atoms with Crippen molar-refractivity contribution < 1.29 is 14.0 Å². The average molecular weight is 584 g/mol. The summed E-state index contributed by atoms with van der Waals surface area (Å²) in [6.07, 6.45) is 1.49. The van der Waals surface area contributed by atoms with Crippen LogP contribution in [0.5, 0.6) is 0 Å². The molecule has 1 aromatic heterocycles. The lowest BCUT2D eigenvalue weighted by Crippen LogP contribution is -2.31. The number of carbonyl (C=O) groups excluding carboxylic acids is 2.